The maximum Gasteiger partial charge on any atom is 0.337 e. The van der Waals surface area contributed by atoms with E-state index in [9.17, 15) is 19.5 Å². The number of amides is 2. The van der Waals surface area contributed by atoms with Crippen LogP contribution in [0.1, 0.15) is 6.92 Å². The standard InChI is InChI=1S/C14H16N2O5S/c1-14(21,13(19)20)8-15-11(17)6-16-9-4-2-3-5-10(9)22-7-12(16)18/h2-5,21H,6-8H2,1H3,(H,15,17)(H,19,20). The summed E-state index contributed by atoms with van der Waals surface area (Å²) in [6, 6.07) is 7.24. The first-order valence-corrected chi connectivity index (χ1v) is 7.54. The molecule has 7 nitrogen and oxygen atoms in total. The molecule has 0 bridgehead atoms. The third-order valence-electron chi connectivity index (χ3n) is 3.20. The Morgan fingerprint density at radius 2 is 2.09 bits per heavy atom. The van der Waals surface area contributed by atoms with Crippen molar-refractivity contribution in [3.63, 3.8) is 0 Å². The van der Waals surface area contributed by atoms with Gasteiger partial charge >= 0.3 is 5.97 Å². The summed E-state index contributed by atoms with van der Waals surface area (Å²) in [4.78, 5) is 36.9. The van der Waals surface area contributed by atoms with Crippen molar-refractivity contribution in [1.82, 2.24) is 5.32 Å². The fourth-order valence-corrected chi connectivity index (χ4v) is 2.81. The van der Waals surface area contributed by atoms with Gasteiger partial charge in [0, 0.05) is 4.90 Å². The average Bonchev–Trinajstić information content (AvgIpc) is 2.48. The van der Waals surface area contributed by atoms with E-state index in [1.165, 1.54) is 16.7 Å². The van der Waals surface area contributed by atoms with Crippen molar-refractivity contribution in [1.29, 1.82) is 0 Å². The highest BCUT2D eigenvalue weighted by atomic mass is 32.2. The molecule has 0 fully saturated rings. The van der Waals surface area contributed by atoms with E-state index in [0.29, 0.717) is 5.69 Å². The second kappa shape index (κ2) is 6.37. The zero-order valence-electron chi connectivity index (χ0n) is 11.9. The lowest BCUT2D eigenvalue weighted by molar-refractivity contribution is -0.156. The van der Waals surface area contributed by atoms with E-state index in [0.717, 1.165) is 11.8 Å². The van der Waals surface area contributed by atoms with Crippen LogP contribution in [0.4, 0.5) is 5.69 Å². The molecule has 0 saturated heterocycles. The molecule has 1 aromatic carbocycles. The van der Waals surface area contributed by atoms with Crippen LogP contribution in [0.2, 0.25) is 0 Å². The first-order valence-electron chi connectivity index (χ1n) is 6.56. The van der Waals surface area contributed by atoms with Gasteiger partial charge in [-0.15, -0.1) is 11.8 Å². The lowest BCUT2D eigenvalue weighted by atomic mass is 10.1. The highest BCUT2D eigenvalue weighted by molar-refractivity contribution is 8.00. The fraction of sp³-hybridized carbons (Fsp3) is 0.357. The molecular formula is C14H16N2O5S. The van der Waals surface area contributed by atoms with E-state index in [-0.39, 0.29) is 18.2 Å². The summed E-state index contributed by atoms with van der Waals surface area (Å²) in [6.07, 6.45) is 0. The molecule has 0 aliphatic carbocycles. The Bertz CT molecular complexity index is 617. The van der Waals surface area contributed by atoms with E-state index >= 15 is 0 Å². The molecule has 3 N–H and O–H groups in total. The molecule has 8 heteroatoms. The fourth-order valence-electron chi connectivity index (χ4n) is 1.87. The van der Waals surface area contributed by atoms with Crippen molar-refractivity contribution < 1.29 is 24.6 Å². The molecule has 0 spiro atoms. The summed E-state index contributed by atoms with van der Waals surface area (Å²) in [5.74, 6) is -1.90. The molecule has 2 rings (SSSR count). The van der Waals surface area contributed by atoms with Gasteiger partial charge in [-0.05, 0) is 19.1 Å². The Hall–Kier alpha value is -2.06. The number of rotatable bonds is 5. The Labute approximate surface area is 131 Å². The number of hydrogen-bond donors (Lipinski definition) is 3. The number of carboxylic acid groups (broad SMARTS) is 1. The summed E-state index contributed by atoms with van der Waals surface area (Å²) in [7, 11) is 0. The normalized spacial score (nSPS) is 16.6. The number of fused-ring (bicyclic) bond motifs is 1. The molecular weight excluding hydrogens is 308 g/mol. The number of nitrogens with zero attached hydrogens (tertiary/aromatic N) is 1. The Morgan fingerprint density at radius 1 is 1.41 bits per heavy atom. The van der Waals surface area contributed by atoms with Gasteiger partial charge in [0.05, 0.1) is 18.0 Å². The minimum absolute atomic E-state index is 0.191. The predicted molar refractivity (Wildman–Crippen MR) is 80.8 cm³/mol. The average molecular weight is 324 g/mol. The van der Waals surface area contributed by atoms with Crippen molar-refractivity contribution in [2.75, 3.05) is 23.7 Å². The highest BCUT2D eigenvalue weighted by Gasteiger charge is 2.31. The van der Waals surface area contributed by atoms with Crippen LogP contribution in [0.5, 0.6) is 0 Å². The van der Waals surface area contributed by atoms with Crippen molar-refractivity contribution in [3.8, 4) is 0 Å². The molecule has 0 saturated carbocycles. The van der Waals surface area contributed by atoms with Crippen LogP contribution in [0.25, 0.3) is 0 Å². The van der Waals surface area contributed by atoms with E-state index in [1.807, 2.05) is 12.1 Å². The number of benzene rings is 1. The van der Waals surface area contributed by atoms with Gasteiger partial charge in [0.15, 0.2) is 5.60 Å². The van der Waals surface area contributed by atoms with Crippen molar-refractivity contribution >= 4 is 35.2 Å². The molecule has 118 valence electrons. The number of thioether (sulfide) groups is 1. The van der Waals surface area contributed by atoms with Gasteiger partial charge in [0.1, 0.15) is 6.54 Å². The molecule has 1 aliphatic heterocycles. The van der Waals surface area contributed by atoms with Crippen LogP contribution in [0.15, 0.2) is 29.2 Å². The minimum atomic E-state index is -2.05. The van der Waals surface area contributed by atoms with E-state index < -0.39 is 24.0 Å². The van der Waals surface area contributed by atoms with Crippen LogP contribution in [-0.2, 0) is 14.4 Å². The number of carbonyl (C=O) groups excluding carboxylic acids is 2. The van der Waals surface area contributed by atoms with E-state index in [2.05, 4.69) is 5.32 Å². The SMILES string of the molecule is CC(O)(CNC(=O)CN1C(=O)CSc2ccccc21)C(=O)O. The second-order valence-corrected chi connectivity index (χ2v) is 6.11. The maximum absolute atomic E-state index is 12.0. The number of hydrogen-bond acceptors (Lipinski definition) is 5. The molecule has 1 unspecified atom stereocenters. The van der Waals surface area contributed by atoms with Gasteiger partial charge in [-0.3, -0.25) is 9.59 Å². The largest absolute Gasteiger partial charge is 0.479 e. The second-order valence-electron chi connectivity index (χ2n) is 5.09. The molecule has 1 aliphatic rings. The minimum Gasteiger partial charge on any atom is -0.479 e. The predicted octanol–water partition coefficient (Wildman–Crippen LogP) is 0.0771. The van der Waals surface area contributed by atoms with Crippen molar-refractivity contribution in [2.45, 2.75) is 17.4 Å². The number of para-hydroxylation sites is 1. The first kappa shape index (κ1) is 16.3. The lowest BCUT2D eigenvalue weighted by Gasteiger charge is -2.28. The first-order chi connectivity index (χ1) is 10.3. The van der Waals surface area contributed by atoms with Crippen LogP contribution < -0.4 is 10.2 Å². The Balaban J connectivity index is 2.03. The summed E-state index contributed by atoms with van der Waals surface area (Å²) < 4.78 is 0. The summed E-state index contributed by atoms with van der Waals surface area (Å²) in [5.41, 5.74) is -1.39. The molecule has 1 atom stereocenters. The summed E-state index contributed by atoms with van der Waals surface area (Å²) >= 11 is 1.41. The van der Waals surface area contributed by atoms with Crippen molar-refractivity contribution in [3.05, 3.63) is 24.3 Å². The van der Waals surface area contributed by atoms with Gasteiger partial charge in [-0.2, -0.15) is 0 Å². The monoisotopic (exact) mass is 324 g/mol. The number of nitrogens with one attached hydrogen (secondary N) is 1. The molecule has 0 aromatic heterocycles. The number of aliphatic carboxylic acids is 1. The topological polar surface area (TPSA) is 107 Å². The van der Waals surface area contributed by atoms with Gasteiger partial charge in [0.2, 0.25) is 11.8 Å². The van der Waals surface area contributed by atoms with Crippen LogP contribution in [0, 0.1) is 0 Å². The number of anilines is 1. The van der Waals surface area contributed by atoms with E-state index in [1.54, 1.807) is 12.1 Å². The van der Waals surface area contributed by atoms with Crippen molar-refractivity contribution in [2.24, 2.45) is 0 Å². The molecule has 1 heterocycles. The maximum atomic E-state index is 12.0. The Kier molecular flexibility index (Phi) is 4.72. The van der Waals surface area contributed by atoms with Crippen LogP contribution in [-0.4, -0.2) is 52.4 Å². The highest BCUT2D eigenvalue weighted by Crippen LogP contribution is 2.34. The van der Waals surface area contributed by atoms with Gasteiger partial charge in [-0.25, -0.2) is 4.79 Å². The Morgan fingerprint density at radius 3 is 2.77 bits per heavy atom. The summed E-state index contributed by atoms with van der Waals surface area (Å²) in [6.45, 7) is 0.444. The zero-order chi connectivity index (χ0) is 16.3. The van der Waals surface area contributed by atoms with Gasteiger partial charge in [-0.1, -0.05) is 12.1 Å². The van der Waals surface area contributed by atoms with Crippen LogP contribution in [0.3, 0.4) is 0 Å². The number of aliphatic hydroxyl groups is 1. The third-order valence-corrected chi connectivity index (χ3v) is 4.25. The van der Waals surface area contributed by atoms with Gasteiger partial charge in [0.25, 0.3) is 0 Å². The molecule has 2 amide bonds. The number of carbonyl (C=O) groups is 3. The van der Waals surface area contributed by atoms with Crippen LogP contribution >= 0.6 is 11.8 Å². The quantitative estimate of drug-likeness (QED) is 0.708. The third kappa shape index (κ3) is 3.58. The molecule has 0 radical (unpaired) electrons. The van der Waals surface area contributed by atoms with E-state index in [4.69, 9.17) is 5.11 Å². The summed E-state index contributed by atoms with van der Waals surface area (Å²) in [5, 5.41) is 20.7. The zero-order valence-corrected chi connectivity index (χ0v) is 12.7. The lowest BCUT2D eigenvalue weighted by Crippen LogP contribution is -2.50. The molecule has 1 aromatic rings. The smallest absolute Gasteiger partial charge is 0.337 e. The number of carboxylic acids is 1. The van der Waals surface area contributed by atoms with Gasteiger partial charge < -0.3 is 20.4 Å². The molecule has 22 heavy (non-hydrogen) atoms.